The van der Waals surface area contributed by atoms with Crippen molar-refractivity contribution in [2.45, 2.75) is 4.90 Å². The standard InChI is InChI=1S/C32H24Cl2N4O5S2/c1-44(40,41)27-4-2-3-23(17-27)22-8-5-21(6-9-22)7-16-31-35-30(28-15-10-24(33)18-29(28)34)19-37(31)25-11-13-26(14-12-25)38-20-32(39)36-45(38,42)43/h2-20,36,39H,1H3. The largest absolute Gasteiger partial charge is 0.493 e. The number of nitrogens with one attached hydrogen (secondary N) is 1. The molecular formula is C32H24Cl2N4O5S2. The summed E-state index contributed by atoms with van der Waals surface area (Å²) in [6.07, 6.45) is 7.83. The molecule has 1 aromatic heterocycles. The molecule has 0 saturated carbocycles. The lowest BCUT2D eigenvalue weighted by atomic mass is 10.0. The smallest absolute Gasteiger partial charge is 0.330 e. The van der Waals surface area contributed by atoms with Crippen molar-refractivity contribution in [1.29, 1.82) is 0 Å². The Morgan fingerprint density at radius 1 is 0.867 bits per heavy atom. The Balaban J connectivity index is 1.34. The van der Waals surface area contributed by atoms with E-state index in [-0.39, 0.29) is 4.90 Å². The third kappa shape index (κ3) is 6.47. The van der Waals surface area contributed by atoms with Gasteiger partial charge in [0.15, 0.2) is 9.84 Å². The number of aromatic nitrogens is 2. The molecule has 0 fully saturated rings. The van der Waals surface area contributed by atoms with E-state index in [2.05, 4.69) is 0 Å². The highest BCUT2D eigenvalue weighted by atomic mass is 35.5. The monoisotopic (exact) mass is 678 g/mol. The predicted molar refractivity (Wildman–Crippen MR) is 178 cm³/mol. The summed E-state index contributed by atoms with van der Waals surface area (Å²) in [6, 6.07) is 26.3. The topological polar surface area (TPSA) is 122 Å². The second-order valence-corrected chi connectivity index (χ2v) is 14.6. The molecule has 6 rings (SSSR count). The maximum atomic E-state index is 12.3. The van der Waals surface area contributed by atoms with Crippen LogP contribution < -0.4 is 9.03 Å². The average Bonchev–Trinajstić information content (AvgIpc) is 3.54. The molecule has 1 aliphatic heterocycles. The summed E-state index contributed by atoms with van der Waals surface area (Å²) in [4.78, 5) is 5.08. The Hall–Kier alpha value is -4.55. The van der Waals surface area contributed by atoms with Crippen LogP contribution in [0, 0.1) is 0 Å². The molecule has 228 valence electrons. The van der Waals surface area contributed by atoms with Crippen LogP contribution in [0.3, 0.4) is 0 Å². The van der Waals surface area contributed by atoms with Crippen LogP contribution in [0.1, 0.15) is 11.4 Å². The molecule has 0 radical (unpaired) electrons. The van der Waals surface area contributed by atoms with Crippen molar-refractivity contribution in [2.75, 3.05) is 10.6 Å². The Morgan fingerprint density at radius 3 is 2.22 bits per heavy atom. The maximum absolute atomic E-state index is 12.3. The number of hydrogen-bond acceptors (Lipinski definition) is 6. The second kappa shape index (κ2) is 11.8. The van der Waals surface area contributed by atoms with Crippen molar-refractivity contribution < 1.29 is 21.9 Å². The molecule has 0 aliphatic carbocycles. The number of aliphatic hydroxyl groups is 1. The van der Waals surface area contributed by atoms with Crippen LogP contribution in [0.25, 0.3) is 40.2 Å². The van der Waals surface area contributed by atoms with Gasteiger partial charge in [0.2, 0.25) is 5.88 Å². The van der Waals surface area contributed by atoms with Crippen molar-refractivity contribution in [1.82, 2.24) is 14.3 Å². The van der Waals surface area contributed by atoms with Crippen LogP contribution in [0.15, 0.2) is 114 Å². The first-order chi connectivity index (χ1) is 21.4. The quantitative estimate of drug-likeness (QED) is 0.189. The number of rotatable bonds is 7. The Bertz CT molecular complexity index is 2210. The summed E-state index contributed by atoms with van der Waals surface area (Å²) in [5.74, 6) is 0.0998. The fourth-order valence-corrected chi connectivity index (χ4v) is 7.00. The summed E-state index contributed by atoms with van der Waals surface area (Å²) in [6.45, 7) is 0. The van der Waals surface area contributed by atoms with E-state index in [0.717, 1.165) is 27.2 Å². The van der Waals surface area contributed by atoms with Gasteiger partial charge in [-0.1, -0.05) is 65.7 Å². The molecule has 2 heterocycles. The highest BCUT2D eigenvalue weighted by molar-refractivity contribution is 7.91. The van der Waals surface area contributed by atoms with Gasteiger partial charge in [-0.25, -0.2) is 22.4 Å². The number of imidazole rings is 1. The number of benzene rings is 4. The molecule has 13 heteroatoms. The van der Waals surface area contributed by atoms with E-state index in [1.807, 2.05) is 58.0 Å². The van der Waals surface area contributed by atoms with Crippen molar-refractivity contribution in [2.24, 2.45) is 0 Å². The fraction of sp³-hybridized carbons (Fsp3) is 0.0312. The molecule has 9 nitrogen and oxygen atoms in total. The van der Waals surface area contributed by atoms with E-state index in [9.17, 15) is 21.9 Å². The number of sulfone groups is 1. The van der Waals surface area contributed by atoms with Crippen molar-refractivity contribution in [3.8, 4) is 28.1 Å². The third-order valence-electron chi connectivity index (χ3n) is 6.99. The lowest BCUT2D eigenvalue weighted by Gasteiger charge is -2.14. The van der Waals surface area contributed by atoms with Crippen LogP contribution in [0.4, 0.5) is 5.69 Å². The minimum Gasteiger partial charge on any atom is -0.493 e. The molecule has 0 unspecified atom stereocenters. The van der Waals surface area contributed by atoms with E-state index in [1.165, 1.54) is 6.26 Å². The number of anilines is 1. The lowest BCUT2D eigenvalue weighted by Crippen LogP contribution is -2.29. The molecular weight excluding hydrogens is 655 g/mol. The minimum absolute atomic E-state index is 0.258. The maximum Gasteiger partial charge on any atom is 0.330 e. The summed E-state index contributed by atoms with van der Waals surface area (Å²) in [5.41, 5.74) is 4.85. The normalized spacial score (nSPS) is 14.5. The summed E-state index contributed by atoms with van der Waals surface area (Å²) in [5, 5.41) is 10.6. The van der Waals surface area contributed by atoms with E-state index in [0.29, 0.717) is 38.5 Å². The molecule has 2 N–H and O–H groups in total. The summed E-state index contributed by atoms with van der Waals surface area (Å²) in [7, 11) is -7.25. The molecule has 0 bridgehead atoms. The van der Waals surface area contributed by atoms with Gasteiger partial charge in [-0.15, -0.1) is 0 Å². The highest BCUT2D eigenvalue weighted by Gasteiger charge is 2.28. The number of hydrogen-bond donors (Lipinski definition) is 2. The molecule has 0 amide bonds. The molecule has 5 aromatic rings. The highest BCUT2D eigenvalue weighted by Crippen LogP contribution is 2.32. The van der Waals surface area contributed by atoms with Gasteiger partial charge in [0, 0.05) is 28.7 Å². The van der Waals surface area contributed by atoms with Gasteiger partial charge in [-0.2, -0.15) is 8.42 Å². The van der Waals surface area contributed by atoms with Gasteiger partial charge in [0.25, 0.3) is 0 Å². The van der Waals surface area contributed by atoms with Crippen LogP contribution in [0.5, 0.6) is 0 Å². The zero-order valence-corrected chi connectivity index (χ0v) is 26.6. The first-order valence-corrected chi connectivity index (χ1v) is 17.4. The Morgan fingerprint density at radius 2 is 1.58 bits per heavy atom. The summed E-state index contributed by atoms with van der Waals surface area (Å²) < 4.78 is 53.4. The molecule has 45 heavy (non-hydrogen) atoms. The Kier molecular flexibility index (Phi) is 7.96. The van der Waals surface area contributed by atoms with Gasteiger partial charge in [-0.3, -0.25) is 4.57 Å². The lowest BCUT2D eigenvalue weighted by molar-refractivity contribution is 0.392. The van der Waals surface area contributed by atoms with Gasteiger partial charge >= 0.3 is 10.2 Å². The molecule has 4 aromatic carbocycles. The van der Waals surface area contributed by atoms with Crippen molar-refractivity contribution in [3.63, 3.8) is 0 Å². The number of nitrogens with zero attached hydrogens (tertiary/aromatic N) is 3. The van der Waals surface area contributed by atoms with Gasteiger partial charge in [-0.05, 0) is 77.4 Å². The third-order valence-corrected chi connectivity index (χ3v) is 9.95. The van der Waals surface area contributed by atoms with E-state index >= 15 is 0 Å². The van der Waals surface area contributed by atoms with Crippen LogP contribution in [0.2, 0.25) is 10.0 Å². The van der Waals surface area contributed by atoms with E-state index in [1.54, 1.807) is 60.7 Å². The SMILES string of the molecule is CS(=O)(=O)c1cccc(-c2ccc(C=Cc3nc(-c4ccc(Cl)cc4Cl)cn3-c3ccc(N4C=C(O)NS4(=O)=O)cc3)cc2)c1. The Labute approximate surface area is 270 Å². The fourth-order valence-electron chi connectivity index (χ4n) is 4.77. The molecule has 0 spiro atoms. The van der Waals surface area contributed by atoms with Gasteiger partial charge in [0.1, 0.15) is 5.82 Å². The number of halogens is 2. The van der Waals surface area contributed by atoms with Crippen LogP contribution >= 0.6 is 23.2 Å². The number of aliphatic hydroxyl groups excluding tert-OH is 1. The minimum atomic E-state index is -3.93. The van der Waals surface area contributed by atoms with E-state index < -0.39 is 25.9 Å². The van der Waals surface area contributed by atoms with Crippen molar-refractivity contribution in [3.05, 3.63) is 131 Å². The second-order valence-electron chi connectivity index (χ2n) is 10.2. The zero-order chi connectivity index (χ0) is 31.9. The van der Waals surface area contributed by atoms with Gasteiger partial charge in [0.05, 0.1) is 27.5 Å². The first-order valence-electron chi connectivity index (χ1n) is 13.3. The zero-order valence-electron chi connectivity index (χ0n) is 23.5. The molecule has 0 saturated heterocycles. The summed E-state index contributed by atoms with van der Waals surface area (Å²) >= 11 is 12.6. The molecule has 0 atom stereocenters. The predicted octanol–water partition coefficient (Wildman–Crippen LogP) is 7.10. The first kappa shape index (κ1) is 30.5. The van der Waals surface area contributed by atoms with Gasteiger partial charge < -0.3 is 5.11 Å². The van der Waals surface area contributed by atoms with E-state index in [4.69, 9.17) is 28.2 Å². The average molecular weight is 680 g/mol. The van der Waals surface area contributed by atoms with Crippen molar-refractivity contribution >= 4 is 61.1 Å². The molecule has 1 aliphatic rings. The van der Waals surface area contributed by atoms with Crippen LogP contribution in [-0.2, 0) is 20.0 Å². The van der Waals surface area contributed by atoms with Crippen LogP contribution in [-0.4, -0.2) is 37.7 Å².